The van der Waals surface area contributed by atoms with Gasteiger partial charge >= 0.3 is 0 Å². The Hall–Kier alpha value is -3.17. The van der Waals surface area contributed by atoms with Gasteiger partial charge in [0.1, 0.15) is 16.9 Å². The van der Waals surface area contributed by atoms with E-state index in [-0.39, 0.29) is 23.0 Å². The van der Waals surface area contributed by atoms with Gasteiger partial charge in [0.2, 0.25) is 5.91 Å². The Labute approximate surface area is 181 Å². The molecular weight excluding hydrogens is 419 g/mol. The Morgan fingerprint density at radius 1 is 1.23 bits per heavy atom. The van der Waals surface area contributed by atoms with Crippen molar-refractivity contribution in [1.29, 1.82) is 0 Å². The second-order valence-corrected chi connectivity index (χ2v) is 7.87. The Bertz CT molecular complexity index is 1280. The van der Waals surface area contributed by atoms with Gasteiger partial charge in [0.05, 0.1) is 18.9 Å². The molecule has 0 bridgehead atoms. The van der Waals surface area contributed by atoms with Gasteiger partial charge in [-0.15, -0.1) is 0 Å². The molecule has 31 heavy (non-hydrogen) atoms. The number of para-hydroxylation sites is 1. The van der Waals surface area contributed by atoms with Gasteiger partial charge in [-0.2, -0.15) is 0 Å². The second kappa shape index (κ2) is 9.32. The lowest BCUT2D eigenvalue weighted by atomic mass is 10.2. The van der Waals surface area contributed by atoms with E-state index in [1.54, 1.807) is 19.2 Å². The number of rotatable bonds is 8. The van der Waals surface area contributed by atoms with E-state index in [0.29, 0.717) is 35.9 Å². The number of thioether (sulfide) groups is 1. The molecular formula is C22H21FN4O3S. The fourth-order valence-corrected chi connectivity index (χ4v) is 4.10. The van der Waals surface area contributed by atoms with Crippen LogP contribution in [0, 0.1) is 5.82 Å². The molecule has 0 atom stereocenters. The molecule has 2 N–H and O–H groups in total. The number of ether oxygens (including phenoxy) is 1. The van der Waals surface area contributed by atoms with Crippen LogP contribution in [0.1, 0.15) is 5.56 Å². The molecule has 4 aromatic rings. The van der Waals surface area contributed by atoms with Gasteiger partial charge in [0.15, 0.2) is 5.16 Å². The number of fused-ring (bicyclic) bond motifs is 3. The monoisotopic (exact) mass is 440 g/mol. The summed E-state index contributed by atoms with van der Waals surface area (Å²) in [6, 6.07) is 13.5. The van der Waals surface area contributed by atoms with Gasteiger partial charge in [0.25, 0.3) is 5.56 Å². The quantitative estimate of drug-likeness (QED) is 0.325. The second-order valence-electron chi connectivity index (χ2n) is 6.93. The zero-order chi connectivity index (χ0) is 21.8. The van der Waals surface area contributed by atoms with Gasteiger partial charge in [-0.1, -0.05) is 42.1 Å². The topological polar surface area (TPSA) is 89.0 Å². The highest BCUT2D eigenvalue weighted by molar-refractivity contribution is 7.99. The van der Waals surface area contributed by atoms with Gasteiger partial charge in [0, 0.05) is 24.6 Å². The molecule has 0 radical (unpaired) electrons. The molecule has 160 valence electrons. The number of aromatic amines is 1. The maximum Gasteiger partial charge on any atom is 0.278 e. The Morgan fingerprint density at radius 2 is 2.00 bits per heavy atom. The summed E-state index contributed by atoms with van der Waals surface area (Å²) in [6.07, 6.45) is 0. The maximum atomic E-state index is 13.1. The number of hydrogen-bond donors (Lipinski definition) is 2. The molecule has 4 rings (SSSR count). The third kappa shape index (κ3) is 4.62. The number of nitrogens with one attached hydrogen (secondary N) is 2. The average molecular weight is 441 g/mol. The van der Waals surface area contributed by atoms with Crippen molar-refractivity contribution >= 4 is 39.6 Å². The summed E-state index contributed by atoms with van der Waals surface area (Å²) in [5, 5.41) is 4.11. The number of aromatic nitrogens is 3. The fraction of sp³-hybridized carbons (Fsp3) is 0.227. The van der Waals surface area contributed by atoms with Crippen molar-refractivity contribution in [3.8, 4) is 0 Å². The van der Waals surface area contributed by atoms with Crippen LogP contribution in [0.2, 0.25) is 0 Å². The van der Waals surface area contributed by atoms with Crippen LogP contribution in [0.4, 0.5) is 4.39 Å². The van der Waals surface area contributed by atoms with Crippen LogP contribution in [-0.2, 0) is 22.6 Å². The van der Waals surface area contributed by atoms with Crippen molar-refractivity contribution in [2.24, 2.45) is 0 Å². The van der Waals surface area contributed by atoms with E-state index in [1.165, 1.54) is 28.5 Å². The molecule has 0 fully saturated rings. The molecule has 2 aromatic carbocycles. The van der Waals surface area contributed by atoms with Crippen LogP contribution in [0.5, 0.6) is 0 Å². The lowest BCUT2D eigenvalue weighted by Gasteiger charge is -2.11. The fourth-order valence-electron chi connectivity index (χ4n) is 3.25. The highest BCUT2D eigenvalue weighted by atomic mass is 32.2. The Kier molecular flexibility index (Phi) is 6.34. The minimum absolute atomic E-state index is 0.0917. The minimum atomic E-state index is -0.321. The third-order valence-electron chi connectivity index (χ3n) is 4.83. The number of methoxy groups -OCH3 is 1. The van der Waals surface area contributed by atoms with E-state index in [9.17, 15) is 14.0 Å². The van der Waals surface area contributed by atoms with Crippen LogP contribution in [0.3, 0.4) is 0 Å². The molecule has 0 aliphatic heterocycles. The van der Waals surface area contributed by atoms with Gasteiger partial charge in [-0.3, -0.25) is 14.2 Å². The first-order chi connectivity index (χ1) is 15.1. The summed E-state index contributed by atoms with van der Waals surface area (Å²) < 4.78 is 19.7. The lowest BCUT2D eigenvalue weighted by Crippen LogP contribution is -2.27. The normalized spacial score (nSPS) is 11.3. The molecule has 0 spiro atoms. The largest absolute Gasteiger partial charge is 0.383 e. The molecule has 7 nitrogen and oxygen atoms in total. The van der Waals surface area contributed by atoms with Crippen LogP contribution in [0.15, 0.2) is 58.5 Å². The molecule has 0 saturated carbocycles. The summed E-state index contributed by atoms with van der Waals surface area (Å²) in [4.78, 5) is 33.3. The van der Waals surface area contributed by atoms with Crippen LogP contribution in [0.25, 0.3) is 21.9 Å². The van der Waals surface area contributed by atoms with Gasteiger partial charge < -0.3 is 15.0 Å². The molecule has 0 aliphatic carbocycles. The van der Waals surface area contributed by atoms with Crippen molar-refractivity contribution < 1.29 is 13.9 Å². The van der Waals surface area contributed by atoms with Crippen molar-refractivity contribution in [2.45, 2.75) is 18.2 Å². The third-order valence-corrected chi connectivity index (χ3v) is 5.81. The molecule has 9 heteroatoms. The molecule has 1 amide bonds. The SMILES string of the molecule is COCCn1c(SCC(=O)NCc2ccc(F)cc2)nc2c([nH]c3ccccc32)c1=O. The number of halogens is 1. The lowest BCUT2D eigenvalue weighted by molar-refractivity contribution is -0.118. The standard InChI is InChI=1S/C22H21FN4O3S/c1-30-11-10-27-21(29)20-19(16-4-2-3-5-17(16)25-20)26-22(27)31-13-18(28)24-12-14-6-8-15(23)9-7-14/h2-9,25H,10-13H2,1H3,(H,24,28). The zero-order valence-corrected chi connectivity index (χ0v) is 17.7. The van der Waals surface area contributed by atoms with Crippen molar-refractivity contribution in [3.63, 3.8) is 0 Å². The number of hydrogen-bond acceptors (Lipinski definition) is 5. The molecule has 0 aliphatic rings. The van der Waals surface area contributed by atoms with Crippen LogP contribution in [-0.4, -0.2) is 39.9 Å². The number of amides is 1. The number of carbonyl (C=O) groups is 1. The number of benzene rings is 2. The van der Waals surface area contributed by atoms with E-state index >= 15 is 0 Å². The summed E-state index contributed by atoms with van der Waals surface area (Å²) in [6.45, 7) is 0.968. The first-order valence-electron chi connectivity index (χ1n) is 9.71. The predicted molar refractivity (Wildman–Crippen MR) is 119 cm³/mol. The summed E-state index contributed by atoms with van der Waals surface area (Å²) >= 11 is 1.19. The number of nitrogens with zero attached hydrogens (tertiary/aromatic N) is 2. The minimum Gasteiger partial charge on any atom is -0.383 e. The molecule has 2 heterocycles. The van der Waals surface area contributed by atoms with E-state index in [1.807, 2.05) is 24.3 Å². The first kappa shape index (κ1) is 21.1. The zero-order valence-electron chi connectivity index (χ0n) is 16.9. The highest BCUT2D eigenvalue weighted by Gasteiger charge is 2.16. The molecule has 2 aromatic heterocycles. The Balaban J connectivity index is 1.56. The van der Waals surface area contributed by atoms with Crippen molar-refractivity contribution in [1.82, 2.24) is 19.9 Å². The van der Waals surface area contributed by atoms with Crippen molar-refractivity contribution in [3.05, 3.63) is 70.3 Å². The summed E-state index contributed by atoms with van der Waals surface area (Å²) in [7, 11) is 1.57. The number of H-pyrrole nitrogens is 1. The average Bonchev–Trinajstić information content (AvgIpc) is 3.16. The van der Waals surface area contributed by atoms with Crippen LogP contribution < -0.4 is 10.9 Å². The van der Waals surface area contributed by atoms with E-state index < -0.39 is 0 Å². The van der Waals surface area contributed by atoms with E-state index in [2.05, 4.69) is 10.3 Å². The maximum absolute atomic E-state index is 13.1. The Morgan fingerprint density at radius 3 is 2.77 bits per heavy atom. The molecule has 0 unspecified atom stereocenters. The van der Waals surface area contributed by atoms with Gasteiger partial charge in [-0.25, -0.2) is 9.37 Å². The highest BCUT2D eigenvalue weighted by Crippen LogP contribution is 2.24. The summed E-state index contributed by atoms with van der Waals surface area (Å²) in [5.74, 6) is -0.437. The van der Waals surface area contributed by atoms with E-state index in [0.717, 1.165) is 16.5 Å². The van der Waals surface area contributed by atoms with Crippen LogP contribution >= 0.6 is 11.8 Å². The molecule has 0 saturated heterocycles. The van der Waals surface area contributed by atoms with Crippen molar-refractivity contribution in [2.75, 3.05) is 19.5 Å². The first-order valence-corrected chi connectivity index (χ1v) is 10.7. The number of carbonyl (C=O) groups excluding carboxylic acids is 1. The van der Waals surface area contributed by atoms with Gasteiger partial charge in [-0.05, 0) is 23.8 Å². The summed E-state index contributed by atoms with van der Waals surface area (Å²) in [5.41, 5.74) is 2.45. The smallest absolute Gasteiger partial charge is 0.278 e. The predicted octanol–water partition coefficient (Wildman–Crippen LogP) is 3.07. The van der Waals surface area contributed by atoms with E-state index in [4.69, 9.17) is 9.72 Å².